The van der Waals surface area contributed by atoms with Gasteiger partial charge in [-0.2, -0.15) is 0 Å². The van der Waals surface area contributed by atoms with Gasteiger partial charge in [0.15, 0.2) is 0 Å². The molecule has 0 radical (unpaired) electrons. The first-order chi connectivity index (χ1) is 12.5. The molecule has 3 rings (SSSR count). The molecule has 0 unspecified atom stereocenters. The lowest BCUT2D eigenvalue weighted by atomic mass is 10.1. The van der Waals surface area contributed by atoms with Crippen molar-refractivity contribution in [2.24, 2.45) is 0 Å². The molecule has 8 nitrogen and oxygen atoms in total. The molecular weight excluding hydrogens is 338 g/mol. The number of nitro benzene ring substituents is 1. The minimum atomic E-state index is -1.14. The number of nitro groups is 1. The van der Waals surface area contributed by atoms with Crippen LogP contribution in [0, 0.1) is 10.1 Å². The van der Waals surface area contributed by atoms with Crippen LogP contribution < -0.4 is 4.90 Å². The topological polar surface area (TPSA) is 104 Å². The van der Waals surface area contributed by atoms with E-state index in [1.807, 2.05) is 4.90 Å². The number of benzene rings is 2. The highest BCUT2D eigenvalue weighted by Gasteiger charge is 2.25. The Morgan fingerprint density at radius 2 is 1.62 bits per heavy atom. The van der Waals surface area contributed by atoms with Gasteiger partial charge in [-0.3, -0.25) is 14.9 Å². The Morgan fingerprint density at radius 1 is 0.962 bits per heavy atom. The number of non-ortho nitro benzene ring substituents is 1. The molecule has 0 aromatic heterocycles. The molecule has 1 saturated heterocycles. The number of carbonyl (C=O) groups is 2. The summed E-state index contributed by atoms with van der Waals surface area (Å²) < 4.78 is 0. The van der Waals surface area contributed by atoms with Crippen LogP contribution in [0.15, 0.2) is 48.5 Å². The van der Waals surface area contributed by atoms with E-state index >= 15 is 0 Å². The molecule has 1 aliphatic heterocycles. The van der Waals surface area contributed by atoms with Gasteiger partial charge in [0.25, 0.3) is 11.6 Å². The maximum Gasteiger partial charge on any atom is 0.336 e. The molecule has 134 valence electrons. The van der Waals surface area contributed by atoms with E-state index in [0.717, 1.165) is 5.69 Å². The number of nitrogens with zero attached hydrogens (tertiary/aromatic N) is 3. The van der Waals surface area contributed by atoms with E-state index in [2.05, 4.69) is 0 Å². The molecule has 0 atom stereocenters. The first-order valence-corrected chi connectivity index (χ1v) is 8.08. The van der Waals surface area contributed by atoms with Crippen LogP contribution in [0.1, 0.15) is 20.7 Å². The minimum Gasteiger partial charge on any atom is -0.478 e. The molecule has 0 bridgehead atoms. The zero-order valence-corrected chi connectivity index (χ0v) is 13.9. The lowest BCUT2D eigenvalue weighted by Crippen LogP contribution is -2.49. The Balaban J connectivity index is 1.71. The van der Waals surface area contributed by atoms with Gasteiger partial charge >= 0.3 is 5.97 Å². The molecule has 2 aromatic carbocycles. The van der Waals surface area contributed by atoms with Crippen molar-refractivity contribution < 1.29 is 19.6 Å². The molecule has 2 aromatic rings. The number of aromatic carboxylic acids is 1. The standard InChI is InChI=1S/C18H17N3O5/c22-17(15-6-1-2-7-16(15)18(23)24)20-10-8-19(9-11-20)13-4-3-5-14(12-13)21(25)26/h1-7,12H,8-11H2,(H,23,24). The monoisotopic (exact) mass is 355 g/mol. The number of hydrogen-bond acceptors (Lipinski definition) is 5. The van der Waals surface area contributed by atoms with E-state index in [9.17, 15) is 24.8 Å². The van der Waals surface area contributed by atoms with Gasteiger partial charge in [-0.25, -0.2) is 4.79 Å². The van der Waals surface area contributed by atoms with Crippen molar-refractivity contribution in [2.75, 3.05) is 31.1 Å². The summed E-state index contributed by atoms with van der Waals surface area (Å²) in [7, 11) is 0. The van der Waals surface area contributed by atoms with Crippen LogP contribution in [-0.2, 0) is 0 Å². The third-order valence-electron chi connectivity index (χ3n) is 4.36. The van der Waals surface area contributed by atoms with Crippen molar-refractivity contribution in [3.63, 3.8) is 0 Å². The summed E-state index contributed by atoms with van der Waals surface area (Å²) in [4.78, 5) is 38.0. The zero-order chi connectivity index (χ0) is 18.7. The summed E-state index contributed by atoms with van der Waals surface area (Å²) in [6.07, 6.45) is 0. The van der Waals surface area contributed by atoms with E-state index in [1.165, 1.54) is 24.3 Å². The van der Waals surface area contributed by atoms with Crippen molar-refractivity contribution in [1.29, 1.82) is 0 Å². The molecule has 1 N–H and O–H groups in total. The van der Waals surface area contributed by atoms with Crippen molar-refractivity contribution in [1.82, 2.24) is 4.90 Å². The van der Waals surface area contributed by atoms with Crippen LogP contribution in [-0.4, -0.2) is 53.0 Å². The molecule has 1 amide bonds. The number of piperazine rings is 1. The average molecular weight is 355 g/mol. The number of hydrogen-bond donors (Lipinski definition) is 1. The predicted molar refractivity (Wildman–Crippen MR) is 94.6 cm³/mol. The largest absolute Gasteiger partial charge is 0.478 e. The third-order valence-corrected chi connectivity index (χ3v) is 4.36. The van der Waals surface area contributed by atoms with Gasteiger partial charge < -0.3 is 14.9 Å². The Labute approximate surface area is 149 Å². The van der Waals surface area contributed by atoms with E-state index in [0.29, 0.717) is 26.2 Å². The highest BCUT2D eigenvalue weighted by atomic mass is 16.6. The molecule has 0 spiro atoms. The molecule has 8 heteroatoms. The van der Waals surface area contributed by atoms with Crippen LogP contribution >= 0.6 is 0 Å². The van der Waals surface area contributed by atoms with Gasteiger partial charge in [0.1, 0.15) is 0 Å². The number of amides is 1. The predicted octanol–water partition coefficient (Wildman–Crippen LogP) is 2.26. The Hall–Kier alpha value is -3.42. The second-order valence-corrected chi connectivity index (χ2v) is 5.91. The number of carboxylic acid groups (broad SMARTS) is 1. The SMILES string of the molecule is O=C(O)c1ccccc1C(=O)N1CCN(c2cccc([N+](=O)[O-])c2)CC1. The van der Waals surface area contributed by atoms with Gasteiger partial charge in [0, 0.05) is 44.0 Å². The normalized spacial score (nSPS) is 14.2. The molecular formula is C18H17N3O5. The smallest absolute Gasteiger partial charge is 0.336 e. The summed E-state index contributed by atoms with van der Waals surface area (Å²) in [6, 6.07) is 12.5. The quantitative estimate of drug-likeness (QED) is 0.666. The van der Waals surface area contributed by atoms with Crippen molar-refractivity contribution in [2.45, 2.75) is 0 Å². The average Bonchev–Trinajstić information content (AvgIpc) is 2.67. The van der Waals surface area contributed by atoms with Crippen molar-refractivity contribution in [3.05, 3.63) is 69.8 Å². The zero-order valence-electron chi connectivity index (χ0n) is 13.9. The Morgan fingerprint density at radius 3 is 2.23 bits per heavy atom. The molecule has 0 saturated carbocycles. The number of rotatable bonds is 4. The van der Waals surface area contributed by atoms with Gasteiger partial charge in [0.05, 0.1) is 16.1 Å². The summed E-state index contributed by atoms with van der Waals surface area (Å²) in [5, 5.41) is 20.1. The van der Waals surface area contributed by atoms with Crippen LogP contribution in [0.3, 0.4) is 0 Å². The van der Waals surface area contributed by atoms with Gasteiger partial charge in [-0.05, 0) is 18.2 Å². The minimum absolute atomic E-state index is 0.0152. The second kappa shape index (κ2) is 7.22. The Kier molecular flexibility index (Phi) is 4.83. The van der Waals surface area contributed by atoms with Gasteiger partial charge in [-0.15, -0.1) is 0 Å². The van der Waals surface area contributed by atoms with Crippen molar-refractivity contribution in [3.8, 4) is 0 Å². The first-order valence-electron chi connectivity index (χ1n) is 8.08. The van der Waals surface area contributed by atoms with Crippen LogP contribution in [0.4, 0.5) is 11.4 Å². The third kappa shape index (κ3) is 3.49. The molecule has 1 heterocycles. The maximum absolute atomic E-state index is 12.7. The first kappa shape index (κ1) is 17.4. The highest BCUT2D eigenvalue weighted by molar-refractivity contribution is 6.04. The highest BCUT2D eigenvalue weighted by Crippen LogP contribution is 2.23. The number of carbonyl (C=O) groups excluding carboxylic acids is 1. The van der Waals surface area contributed by atoms with Crippen molar-refractivity contribution >= 4 is 23.3 Å². The van der Waals surface area contributed by atoms with E-state index in [4.69, 9.17) is 0 Å². The summed E-state index contributed by atoms with van der Waals surface area (Å²) in [5.41, 5.74) is 0.913. The number of carboxylic acids is 1. The lowest BCUT2D eigenvalue weighted by Gasteiger charge is -2.36. The van der Waals surface area contributed by atoms with Crippen LogP contribution in [0.25, 0.3) is 0 Å². The fraction of sp³-hybridized carbons (Fsp3) is 0.222. The molecule has 26 heavy (non-hydrogen) atoms. The lowest BCUT2D eigenvalue weighted by molar-refractivity contribution is -0.384. The van der Waals surface area contributed by atoms with E-state index in [-0.39, 0.29) is 22.7 Å². The van der Waals surface area contributed by atoms with Gasteiger partial charge in [-0.1, -0.05) is 18.2 Å². The number of anilines is 1. The van der Waals surface area contributed by atoms with Crippen LogP contribution in [0.5, 0.6) is 0 Å². The fourth-order valence-electron chi connectivity index (χ4n) is 3.00. The Bertz CT molecular complexity index is 859. The molecule has 0 aliphatic carbocycles. The fourth-order valence-corrected chi connectivity index (χ4v) is 3.00. The van der Waals surface area contributed by atoms with Gasteiger partial charge in [0.2, 0.25) is 0 Å². The van der Waals surface area contributed by atoms with Crippen LogP contribution in [0.2, 0.25) is 0 Å². The summed E-state index contributed by atoms with van der Waals surface area (Å²) in [6.45, 7) is 1.86. The molecule has 1 aliphatic rings. The summed E-state index contributed by atoms with van der Waals surface area (Å²) in [5.74, 6) is -1.45. The van der Waals surface area contributed by atoms with E-state index < -0.39 is 10.9 Å². The summed E-state index contributed by atoms with van der Waals surface area (Å²) >= 11 is 0. The maximum atomic E-state index is 12.7. The second-order valence-electron chi connectivity index (χ2n) is 5.91. The van der Waals surface area contributed by atoms with E-state index in [1.54, 1.807) is 29.2 Å². The molecule has 1 fully saturated rings.